The molecule has 2 aromatic rings. The molecule has 4 N–H and O–H groups in total. The van der Waals surface area contributed by atoms with Crippen molar-refractivity contribution < 1.29 is 0 Å². The molecular weight excluding hydrogens is 234 g/mol. The fourth-order valence-electron chi connectivity index (χ4n) is 1.63. The van der Waals surface area contributed by atoms with Crippen LogP contribution in [0.15, 0.2) is 53.5 Å². The van der Waals surface area contributed by atoms with Crippen molar-refractivity contribution in [3.63, 3.8) is 0 Å². The van der Waals surface area contributed by atoms with Crippen molar-refractivity contribution in [2.24, 2.45) is 10.7 Å². The largest absolute Gasteiger partial charge is 0.398 e. The second-order valence-corrected chi connectivity index (χ2v) is 3.92. The molecular formula is C16H21N3. The molecule has 0 fully saturated rings. The van der Waals surface area contributed by atoms with E-state index < -0.39 is 0 Å². The second kappa shape index (κ2) is 7.21. The number of hydrogen-bond donors (Lipinski definition) is 2. The molecule has 0 radical (unpaired) electrons. The van der Waals surface area contributed by atoms with Gasteiger partial charge in [-0.05, 0) is 36.8 Å². The molecule has 0 aliphatic heterocycles. The summed E-state index contributed by atoms with van der Waals surface area (Å²) < 4.78 is 0. The summed E-state index contributed by atoms with van der Waals surface area (Å²) in [4.78, 5) is 4.37. The lowest BCUT2D eigenvalue weighted by molar-refractivity contribution is 1.40. The van der Waals surface area contributed by atoms with Crippen molar-refractivity contribution in [2.45, 2.75) is 20.8 Å². The van der Waals surface area contributed by atoms with Gasteiger partial charge in [-0.15, -0.1) is 0 Å². The van der Waals surface area contributed by atoms with Gasteiger partial charge in [0.25, 0.3) is 0 Å². The summed E-state index contributed by atoms with van der Waals surface area (Å²) in [6.45, 7) is 6.02. The molecule has 0 aliphatic rings. The van der Waals surface area contributed by atoms with E-state index in [0.29, 0.717) is 11.5 Å². The lowest BCUT2D eigenvalue weighted by atomic mass is 10.1. The number of nitrogen functional groups attached to an aromatic ring is 1. The number of hydrogen-bond acceptors (Lipinski definition) is 2. The third-order valence-corrected chi connectivity index (χ3v) is 2.49. The molecule has 0 bridgehead atoms. The number of amidine groups is 1. The molecule has 0 saturated carbocycles. The summed E-state index contributed by atoms with van der Waals surface area (Å²) in [5.41, 5.74) is 15.2. The fourth-order valence-corrected chi connectivity index (χ4v) is 1.63. The molecule has 0 aliphatic carbocycles. The van der Waals surface area contributed by atoms with E-state index in [2.05, 4.69) is 4.99 Å². The van der Waals surface area contributed by atoms with Gasteiger partial charge in [-0.1, -0.05) is 38.1 Å². The molecule has 3 nitrogen and oxygen atoms in total. The van der Waals surface area contributed by atoms with Crippen LogP contribution in [0.4, 0.5) is 11.4 Å². The van der Waals surface area contributed by atoms with E-state index in [9.17, 15) is 0 Å². The minimum absolute atomic E-state index is 0.439. The van der Waals surface area contributed by atoms with Gasteiger partial charge in [-0.2, -0.15) is 0 Å². The highest BCUT2D eigenvalue weighted by Crippen LogP contribution is 2.16. The first-order chi connectivity index (χ1) is 9.16. The number of para-hydroxylation sites is 1. The smallest absolute Gasteiger partial charge is 0.133 e. The Morgan fingerprint density at radius 3 is 2.32 bits per heavy atom. The molecule has 0 unspecified atom stereocenters. The molecule has 0 spiro atoms. The van der Waals surface area contributed by atoms with Crippen molar-refractivity contribution in [3.05, 3.63) is 59.7 Å². The van der Waals surface area contributed by atoms with Crippen molar-refractivity contribution in [1.29, 1.82) is 0 Å². The van der Waals surface area contributed by atoms with Crippen LogP contribution in [0.1, 0.15) is 25.0 Å². The summed E-state index contributed by atoms with van der Waals surface area (Å²) in [6, 6.07) is 15.3. The van der Waals surface area contributed by atoms with Gasteiger partial charge in [0, 0.05) is 11.3 Å². The standard InChI is InChI=1S/C14H15N3.C2H6/c1-10-5-4-6-11(9-10)17-14(16)12-7-2-3-8-13(12)15;1-2/h2-9H,15H2,1H3,(H2,16,17);1-2H3. The highest BCUT2D eigenvalue weighted by Gasteiger charge is 2.02. The SMILES string of the molecule is CC.Cc1cccc(N=C(N)c2ccccc2N)c1. The summed E-state index contributed by atoms with van der Waals surface area (Å²) >= 11 is 0. The van der Waals surface area contributed by atoms with Gasteiger partial charge in [-0.25, -0.2) is 4.99 Å². The molecule has 2 aromatic carbocycles. The monoisotopic (exact) mass is 255 g/mol. The molecule has 100 valence electrons. The molecule has 0 amide bonds. The van der Waals surface area contributed by atoms with Crippen LogP contribution in [-0.4, -0.2) is 5.84 Å². The first-order valence-corrected chi connectivity index (χ1v) is 6.42. The van der Waals surface area contributed by atoms with E-state index in [1.807, 2.05) is 69.3 Å². The molecule has 0 heterocycles. The zero-order valence-electron chi connectivity index (χ0n) is 11.7. The molecule has 19 heavy (non-hydrogen) atoms. The number of aliphatic imine (C=N–C) groups is 1. The summed E-state index contributed by atoms with van der Waals surface area (Å²) in [6.07, 6.45) is 0. The normalized spacial score (nSPS) is 10.6. The van der Waals surface area contributed by atoms with E-state index in [4.69, 9.17) is 11.5 Å². The van der Waals surface area contributed by atoms with Crippen molar-refractivity contribution >= 4 is 17.2 Å². The summed E-state index contributed by atoms with van der Waals surface area (Å²) in [7, 11) is 0. The maximum absolute atomic E-state index is 5.95. The predicted octanol–water partition coefficient (Wildman–Crippen LogP) is 3.64. The lowest BCUT2D eigenvalue weighted by Gasteiger charge is -2.04. The van der Waals surface area contributed by atoms with Crippen LogP contribution in [0, 0.1) is 6.92 Å². The number of aryl methyl sites for hydroxylation is 1. The number of rotatable bonds is 2. The summed E-state index contributed by atoms with van der Waals surface area (Å²) in [5, 5.41) is 0. The van der Waals surface area contributed by atoms with Crippen LogP contribution < -0.4 is 11.5 Å². The third kappa shape index (κ3) is 4.14. The van der Waals surface area contributed by atoms with Crippen molar-refractivity contribution in [3.8, 4) is 0 Å². The van der Waals surface area contributed by atoms with Gasteiger partial charge < -0.3 is 11.5 Å². The van der Waals surface area contributed by atoms with Gasteiger partial charge >= 0.3 is 0 Å². The average Bonchev–Trinajstić information content (AvgIpc) is 2.41. The van der Waals surface area contributed by atoms with Gasteiger partial charge in [-0.3, -0.25) is 0 Å². The minimum Gasteiger partial charge on any atom is -0.398 e. The van der Waals surface area contributed by atoms with Crippen molar-refractivity contribution in [2.75, 3.05) is 5.73 Å². The number of benzene rings is 2. The van der Waals surface area contributed by atoms with E-state index in [0.717, 1.165) is 16.8 Å². The Hall–Kier alpha value is -2.29. The van der Waals surface area contributed by atoms with Gasteiger partial charge in [0.15, 0.2) is 0 Å². The molecule has 0 saturated heterocycles. The molecule has 0 atom stereocenters. The molecule has 2 rings (SSSR count). The Morgan fingerprint density at radius 2 is 1.68 bits per heavy atom. The number of anilines is 1. The Morgan fingerprint density at radius 1 is 1.00 bits per heavy atom. The minimum atomic E-state index is 0.439. The lowest BCUT2D eigenvalue weighted by Crippen LogP contribution is -2.14. The molecule has 0 aromatic heterocycles. The van der Waals surface area contributed by atoms with E-state index in [1.54, 1.807) is 0 Å². The van der Waals surface area contributed by atoms with E-state index in [-0.39, 0.29) is 0 Å². The highest BCUT2D eigenvalue weighted by molar-refractivity contribution is 6.03. The highest BCUT2D eigenvalue weighted by atomic mass is 14.9. The number of nitrogens with zero attached hydrogens (tertiary/aromatic N) is 1. The quantitative estimate of drug-likeness (QED) is 0.489. The van der Waals surface area contributed by atoms with Crippen LogP contribution in [0.3, 0.4) is 0 Å². The third-order valence-electron chi connectivity index (χ3n) is 2.49. The zero-order valence-corrected chi connectivity index (χ0v) is 11.7. The Balaban J connectivity index is 0.000000861. The van der Waals surface area contributed by atoms with Gasteiger partial charge in [0.05, 0.1) is 5.69 Å². The topological polar surface area (TPSA) is 64.4 Å². The summed E-state index contributed by atoms with van der Waals surface area (Å²) in [5.74, 6) is 0.439. The zero-order chi connectivity index (χ0) is 14.3. The Labute approximate surface area is 115 Å². The van der Waals surface area contributed by atoms with E-state index in [1.165, 1.54) is 0 Å². The van der Waals surface area contributed by atoms with Gasteiger partial charge in [0.1, 0.15) is 5.84 Å². The van der Waals surface area contributed by atoms with Crippen LogP contribution in [-0.2, 0) is 0 Å². The Kier molecular flexibility index (Phi) is 5.61. The second-order valence-electron chi connectivity index (χ2n) is 3.92. The fraction of sp³-hybridized carbons (Fsp3) is 0.188. The maximum Gasteiger partial charge on any atom is 0.133 e. The maximum atomic E-state index is 5.95. The molecule has 3 heteroatoms. The number of nitrogens with two attached hydrogens (primary N) is 2. The van der Waals surface area contributed by atoms with Crippen LogP contribution in [0.25, 0.3) is 0 Å². The van der Waals surface area contributed by atoms with Crippen molar-refractivity contribution in [1.82, 2.24) is 0 Å². The first kappa shape index (κ1) is 14.8. The average molecular weight is 255 g/mol. The first-order valence-electron chi connectivity index (χ1n) is 6.42. The van der Waals surface area contributed by atoms with Crippen LogP contribution in [0.5, 0.6) is 0 Å². The predicted molar refractivity (Wildman–Crippen MR) is 83.8 cm³/mol. The van der Waals surface area contributed by atoms with Crippen LogP contribution in [0.2, 0.25) is 0 Å². The van der Waals surface area contributed by atoms with Crippen LogP contribution >= 0.6 is 0 Å². The van der Waals surface area contributed by atoms with Gasteiger partial charge in [0.2, 0.25) is 0 Å². The van der Waals surface area contributed by atoms with E-state index >= 15 is 0 Å². The Bertz CT molecular complexity index is 559.